The van der Waals surface area contributed by atoms with Crippen LogP contribution in [0.25, 0.3) is 5.57 Å². The van der Waals surface area contributed by atoms with Gasteiger partial charge >= 0.3 is 0 Å². The van der Waals surface area contributed by atoms with Gasteiger partial charge in [0.15, 0.2) is 0 Å². The lowest BCUT2D eigenvalue weighted by atomic mass is 9.98. The quantitative estimate of drug-likeness (QED) is 0.683. The zero-order chi connectivity index (χ0) is 10.4. The fourth-order valence-corrected chi connectivity index (χ4v) is 1.74. The standard InChI is InChI=1S/C12H15OSi/c1-3-10(4-2)12-8-6-5-7-11(12)9-13-14/h3,5-8H,4,9H2,1-2H3. The predicted molar refractivity (Wildman–Crippen MR) is 60.9 cm³/mol. The lowest BCUT2D eigenvalue weighted by molar-refractivity contribution is 0.338. The first-order chi connectivity index (χ1) is 6.83. The van der Waals surface area contributed by atoms with Gasteiger partial charge in [-0.2, -0.15) is 0 Å². The second-order valence-corrected chi connectivity index (χ2v) is 3.40. The molecule has 0 aromatic heterocycles. The van der Waals surface area contributed by atoms with E-state index in [2.05, 4.69) is 48.6 Å². The molecule has 1 rings (SSSR count). The number of hydrogen-bond donors (Lipinski definition) is 0. The van der Waals surface area contributed by atoms with Crippen molar-refractivity contribution >= 4 is 16.1 Å². The highest BCUT2D eigenvalue weighted by molar-refractivity contribution is 5.97. The van der Waals surface area contributed by atoms with E-state index in [0.29, 0.717) is 6.61 Å². The maximum atomic E-state index is 4.99. The summed E-state index contributed by atoms with van der Waals surface area (Å²) in [5.41, 5.74) is 3.87. The molecule has 0 saturated carbocycles. The summed E-state index contributed by atoms with van der Waals surface area (Å²) in [4.78, 5) is 0. The first-order valence-electron chi connectivity index (χ1n) is 4.85. The topological polar surface area (TPSA) is 9.23 Å². The average Bonchev–Trinajstić information content (AvgIpc) is 2.23. The van der Waals surface area contributed by atoms with Crippen molar-refractivity contribution in [3.05, 3.63) is 41.5 Å². The Morgan fingerprint density at radius 3 is 2.71 bits per heavy atom. The highest BCUT2D eigenvalue weighted by atomic mass is 28.2. The zero-order valence-corrected chi connectivity index (χ0v) is 9.71. The summed E-state index contributed by atoms with van der Waals surface area (Å²) in [6, 6.07) is 8.33. The minimum atomic E-state index is 0.602. The third-order valence-corrected chi connectivity index (χ3v) is 2.46. The Bertz CT molecular complexity index is 318. The van der Waals surface area contributed by atoms with Crippen LogP contribution in [-0.2, 0) is 11.0 Å². The van der Waals surface area contributed by atoms with E-state index in [9.17, 15) is 0 Å². The fraction of sp³-hybridized carbons (Fsp3) is 0.333. The van der Waals surface area contributed by atoms with Crippen molar-refractivity contribution in [2.45, 2.75) is 26.9 Å². The van der Waals surface area contributed by atoms with Gasteiger partial charge < -0.3 is 4.43 Å². The van der Waals surface area contributed by atoms with Gasteiger partial charge in [-0.05, 0) is 30.0 Å². The summed E-state index contributed by atoms with van der Waals surface area (Å²) < 4.78 is 4.99. The maximum absolute atomic E-state index is 4.99. The van der Waals surface area contributed by atoms with E-state index in [4.69, 9.17) is 4.43 Å². The van der Waals surface area contributed by atoms with Crippen LogP contribution in [0.1, 0.15) is 31.4 Å². The van der Waals surface area contributed by atoms with Crippen LogP contribution in [-0.4, -0.2) is 10.5 Å². The van der Waals surface area contributed by atoms with E-state index in [1.165, 1.54) is 16.7 Å². The molecular formula is C12H15OSi. The molecule has 1 nitrogen and oxygen atoms in total. The number of allylic oxidation sites excluding steroid dienone is 2. The third-order valence-electron chi connectivity index (χ3n) is 2.32. The molecule has 0 saturated heterocycles. The van der Waals surface area contributed by atoms with Gasteiger partial charge in [-0.25, -0.2) is 0 Å². The molecule has 0 spiro atoms. The highest BCUT2D eigenvalue weighted by Crippen LogP contribution is 2.22. The molecule has 0 aliphatic carbocycles. The van der Waals surface area contributed by atoms with Crippen LogP contribution in [0.5, 0.6) is 0 Å². The number of hydrogen-bond acceptors (Lipinski definition) is 1. The molecule has 0 fully saturated rings. The fourth-order valence-electron chi connectivity index (χ4n) is 1.59. The molecular weight excluding hydrogens is 188 g/mol. The van der Waals surface area contributed by atoms with Crippen LogP contribution >= 0.6 is 0 Å². The Morgan fingerprint density at radius 1 is 1.43 bits per heavy atom. The van der Waals surface area contributed by atoms with Crippen LogP contribution in [0.15, 0.2) is 30.3 Å². The second-order valence-electron chi connectivity index (χ2n) is 3.11. The van der Waals surface area contributed by atoms with E-state index in [0.717, 1.165) is 6.42 Å². The highest BCUT2D eigenvalue weighted by Gasteiger charge is 2.03. The lowest BCUT2D eigenvalue weighted by Gasteiger charge is -2.10. The molecule has 0 unspecified atom stereocenters. The molecule has 1 aromatic rings. The smallest absolute Gasteiger partial charge is 0.246 e. The van der Waals surface area contributed by atoms with Gasteiger partial charge in [0.2, 0.25) is 10.5 Å². The number of benzene rings is 1. The van der Waals surface area contributed by atoms with Crippen molar-refractivity contribution in [2.24, 2.45) is 0 Å². The largest absolute Gasteiger partial charge is 0.414 e. The Hall–Kier alpha value is -0.863. The molecule has 0 bridgehead atoms. The summed E-state index contributed by atoms with van der Waals surface area (Å²) in [7, 11) is 3.04. The molecule has 0 N–H and O–H groups in total. The molecule has 0 aliphatic rings. The molecule has 73 valence electrons. The molecule has 3 radical (unpaired) electrons. The molecule has 0 heterocycles. The summed E-state index contributed by atoms with van der Waals surface area (Å²) in [5.74, 6) is 0. The van der Waals surface area contributed by atoms with Gasteiger partial charge in [-0.15, -0.1) is 0 Å². The minimum Gasteiger partial charge on any atom is -0.414 e. The third kappa shape index (κ3) is 2.56. The average molecular weight is 203 g/mol. The van der Waals surface area contributed by atoms with Crippen LogP contribution in [0, 0.1) is 0 Å². The Morgan fingerprint density at radius 2 is 2.14 bits per heavy atom. The number of rotatable bonds is 4. The van der Waals surface area contributed by atoms with Crippen molar-refractivity contribution in [1.82, 2.24) is 0 Å². The monoisotopic (exact) mass is 203 g/mol. The molecule has 14 heavy (non-hydrogen) atoms. The molecule has 0 atom stereocenters. The first kappa shape index (κ1) is 11.2. The van der Waals surface area contributed by atoms with Gasteiger partial charge in [0.25, 0.3) is 0 Å². The summed E-state index contributed by atoms with van der Waals surface area (Å²) in [5, 5.41) is 0. The molecule has 1 aromatic carbocycles. The van der Waals surface area contributed by atoms with Crippen LogP contribution in [0.3, 0.4) is 0 Å². The van der Waals surface area contributed by atoms with Crippen LogP contribution < -0.4 is 0 Å². The van der Waals surface area contributed by atoms with Crippen LogP contribution in [0.2, 0.25) is 0 Å². The minimum absolute atomic E-state index is 0.602. The Balaban J connectivity index is 3.05. The SMILES string of the molecule is CC=C(CC)c1ccccc1CO[Si]. The normalized spacial score (nSPS) is 11.8. The zero-order valence-electron chi connectivity index (χ0n) is 8.71. The molecule has 2 heteroatoms. The van der Waals surface area contributed by atoms with E-state index >= 15 is 0 Å². The van der Waals surface area contributed by atoms with Gasteiger partial charge in [0, 0.05) is 0 Å². The van der Waals surface area contributed by atoms with Gasteiger partial charge in [0.1, 0.15) is 0 Å². The van der Waals surface area contributed by atoms with Crippen molar-refractivity contribution in [2.75, 3.05) is 0 Å². The van der Waals surface area contributed by atoms with E-state index in [-0.39, 0.29) is 0 Å². The molecule has 0 amide bonds. The van der Waals surface area contributed by atoms with E-state index in [1.807, 2.05) is 6.07 Å². The van der Waals surface area contributed by atoms with Crippen molar-refractivity contribution < 1.29 is 4.43 Å². The summed E-state index contributed by atoms with van der Waals surface area (Å²) >= 11 is 0. The summed E-state index contributed by atoms with van der Waals surface area (Å²) in [6.07, 6.45) is 3.21. The van der Waals surface area contributed by atoms with Gasteiger partial charge in [-0.3, -0.25) is 0 Å². The van der Waals surface area contributed by atoms with Crippen LogP contribution in [0.4, 0.5) is 0 Å². The van der Waals surface area contributed by atoms with Crippen molar-refractivity contribution in [3.8, 4) is 0 Å². The van der Waals surface area contributed by atoms with Gasteiger partial charge in [-0.1, -0.05) is 37.3 Å². The van der Waals surface area contributed by atoms with E-state index in [1.54, 1.807) is 0 Å². The lowest BCUT2D eigenvalue weighted by Crippen LogP contribution is -1.95. The Labute approximate surface area is 89.3 Å². The first-order valence-corrected chi connectivity index (χ1v) is 5.26. The maximum Gasteiger partial charge on any atom is 0.246 e. The van der Waals surface area contributed by atoms with Gasteiger partial charge in [0.05, 0.1) is 6.61 Å². The van der Waals surface area contributed by atoms with Crippen molar-refractivity contribution in [1.29, 1.82) is 0 Å². The van der Waals surface area contributed by atoms with Crippen molar-refractivity contribution in [3.63, 3.8) is 0 Å². The summed E-state index contributed by atoms with van der Waals surface area (Å²) in [6.45, 7) is 4.84. The predicted octanol–water partition coefficient (Wildman–Crippen LogP) is 3.10. The molecule has 0 aliphatic heterocycles. The Kier molecular flexibility index (Phi) is 4.63. The second kappa shape index (κ2) is 5.78. The van der Waals surface area contributed by atoms with E-state index < -0.39 is 0 Å².